The molecule has 158 valence electrons. The first-order valence-electron chi connectivity index (χ1n) is 11.4. The van der Waals surface area contributed by atoms with Crippen molar-refractivity contribution < 1.29 is 0 Å². The van der Waals surface area contributed by atoms with Crippen molar-refractivity contribution >= 4 is 17.0 Å². The van der Waals surface area contributed by atoms with Crippen LogP contribution < -0.4 is 10.6 Å². The zero-order valence-corrected chi connectivity index (χ0v) is 17.8. The summed E-state index contributed by atoms with van der Waals surface area (Å²) in [5.74, 6) is 1.18. The first-order chi connectivity index (χ1) is 15.8. The Bertz CT molecular complexity index is 1340. The first-order valence-corrected chi connectivity index (χ1v) is 11.4. The third-order valence-corrected chi connectivity index (χ3v) is 6.73. The summed E-state index contributed by atoms with van der Waals surface area (Å²) in [4.78, 5) is 18.5. The summed E-state index contributed by atoms with van der Waals surface area (Å²) in [7, 11) is 0. The molecule has 0 saturated carbocycles. The molecule has 0 amide bonds. The predicted octanol–water partition coefficient (Wildman–Crippen LogP) is 5.44. The van der Waals surface area contributed by atoms with Gasteiger partial charge in [0, 0.05) is 5.92 Å². The van der Waals surface area contributed by atoms with Crippen LogP contribution in [0, 0.1) is 0 Å². The fourth-order valence-corrected chi connectivity index (χ4v) is 5.15. The molecule has 0 N–H and O–H groups in total. The Morgan fingerprint density at radius 2 is 1.62 bits per heavy atom. The zero-order valence-electron chi connectivity index (χ0n) is 17.8. The SMILES string of the molecule is O=c1c2ccccc2nc2n1N1C(CC2CC/C=C/c2ccccc2)C1c1ccccc1. The lowest BCUT2D eigenvalue weighted by atomic mass is 9.93. The van der Waals surface area contributed by atoms with Gasteiger partial charge in [-0.15, -0.1) is 0 Å². The number of nitrogens with zero attached hydrogens (tertiary/aromatic N) is 3. The van der Waals surface area contributed by atoms with E-state index in [4.69, 9.17) is 4.98 Å². The maximum Gasteiger partial charge on any atom is 0.280 e. The number of aromatic nitrogens is 2. The summed E-state index contributed by atoms with van der Waals surface area (Å²) in [6.45, 7) is 0. The van der Waals surface area contributed by atoms with Gasteiger partial charge in [-0.05, 0) is 42.5 Å². The minimum absolute atomic E-state index is 0.0542. The van der Waals surface area contributed by atoms with E-state index in [2.05, 4.69) is 65.7 Å². The molecular formula is C28H25N3O. The Morgan fingerprint density at radius 3 is 2.44 bits per heavy atom. The maximum absolute atomic E-state index is 13.5. The Balaban J connectivity index is 1.34. The smallest absolute Gasteiger partial charge is 0.280 e. The molecule has 1 fully saturated rings. The van der Waals surface area contributed by atoms with Gasteiger partial charge in [-0.3, -0.25) is 9.80 Å². The number of fused-ring (bicyclic) bond motifs is 4. The Morgan fingerprint density at radius 1 is 0.906 bits per heavy atom. The quantitative estimate of drug-likeness (QED) is 0.404. The van der Waals surface area contributed by atoms with Crippen molar-refractivity contribution in [3.8, 4) is 0 Å². The van der Waals surface area contributed by atoms with E-state index < -0.39 is 0 Å². The van der Waals surface area contributed by atoms with Crippen LogP contribution in [0.15, 0.2) is 95.8 Å². The number of hydrogen-bond acceptors (Lipinski definition) is 3. The molecule has 1 aromatic heterocycles. The van der Waals surface area contributed by atoms with Gasteiger partial charge in [-0.2, -0.15) is 0 Å². The van der Waals surface area contributed by atoms with Crippen LogP contribution in [0.5, 0.6) is 0 Å². The fraction of sp³-hybridized carbons (Fsp3) is 0.214. The largest absolute Gasteiger partial charge is 0.293 e. The van der Waals surface area contributed by atoms with E-state index in [9.17, 15) is 4.79 Å². The van der Waals surface area contributed by atoms with Gasteiger partial charge in [0.25, 0.3) is 5.56 Å². The van der Waals surface area contributed by atoms with Crippen LogP contribution in [0.3, 0.4) is 0 Å². The van der Waals surface area contributed by atoms with E-state index in [0.29, 0.717) is 11.4 Å². The summed E-state index contributed by atoms with van der Waals surface area (Å²) in [6, 6.07) is 29.2. The maximum atomic E-state index is 13.5. The van der Waals surface area contributed by atoms with Crippen LogP contribution in [0.25, 0.3) is 17.0 Å². The van der Waals surface area contributed by atoms with Gasteiger partial charge in [0.2, 0.25) is 0 Å². The van der Waals surface area contributed by atoms with Crippen molar-refractivity contribution in [1.82, 2.24) is 9.66 Å². The van der Waals surface area contributed by atoms with E-state index in [-0.39, 0.29) is 17.5 Å². The summed E-state index contributed by atoms with van der Waals surface area (Å²) in [5, 5.41) is 2.93. The van der Waals surface area contributed by atoms with Gasteiger partial charge in [0.1, 0.15) is 5.82 Å². The summed E-state index contributed by atoms with van der Waals surface area (Å²) < 4.78 is 1.89. The molecule has 0 bridgehead atoms. The van der Waals surface area contributed by atoms with Gasteiger partial charge in [0.15, 0.2) is 0 Å². The second-order valence-electron chi connectivity index (χ2n) is 8.73. The average Bonchev–Trinajstić information content (AvgIpc) is 3.57. The summed E-state index contributed by atoms with van der Waals surface area (Å²) in [5.41, 5.74) is 3.34. The minimum atomic E-state index is 0.0542. The molecule has 0 aliphatic carbocycles. The highest BCUT2D eigenvalue weighted by molar-refractivity contribution is 5.77. The third kappa shape index (κ3) is 3.23. The molecule has 32 heavy (non-hydrogen) atoms. The van der Waals surface area contributed by atoms with Crippen LogP contribution >= 0.6 is 0 Å². The van der Waals surface area contributed by atoms with Crippen molar-refractivity contribution in [3.05, 3.63) is 118 Å². The monoisotopic (exact) mass is 419 g/mol. The van der Waals surface area contributed by atoms with Crippen LogP contribution in [0.1, 0.15) is 48.2 Å². The molecule has 3 unspecified atom stereocenters. The van der Waals surface area contributed by atoms with E-state index in [1.165, 1.54) is 11.1 Å². The number of allylic oxidation sites excluding steroid dienone is 1. The zero-order chi connectivity index (χ0) is 21.5. The second kappa shape index (κ2) is 7.79. The normalized spacial score (nSPS) is 21.5. The van der Waals surface area contributed by atoms with Crippen LogP contribution in [0.2, 0.25) is 0 Å². The number of rotatable bonds is 5. The molecule has 3 heterocycles. The van der Waals surface area contributed by atoms with E-state index in [1.807, 2.05) is 41.1 Å². The van der Waals surface area contributed by atoms with Crippen molar-refractivity contribution in [3.63, 3.8) is 0 Å². The van der Waals surface area contributed by atoms with Gasteiger partial charge < -0.3 is 0 Å². The highest BCUT2D eigenvalue weighted by Gasteiger charge is 2.54. The molecule has 1 saturated heterocycles. The lowest BCUT2D eigenvalue weighted by molar-refractivity contribution is 0.471. The topological polar surface area (TPSA) is 37.9 Å². The fourth-order valence-electron chi connectivity index (χ4n) is 5.15. The van der Waals surface area contributed by atoms with Crippen LogP contribution in [-0.2, 0) is 0 Å². The van der Waals surface area contributed by atoms with Crippen molar-refractivity contribution in [2.75, 3.05) is 5.01 Å². The molecule has 2 aliphatic heterocycles. The van der Waals surface area contributed by atoms with E-state index in [0.717, 1.165) is 30.6 Å². The number of hydrogen-bond donors (Lipinski definition) is 0. The molecule has 3 aromatic carbocycles. The highest BCUT2D eigenvalue weighted by atomic mass is 16.1. The Kier molecular flexibility index (Phi) is 4.64. The molecule has 4 heteroatoms. The van der Waals surface area contributed by atoms with Crippen LogP contribution in [0.4, 0.5) is 0 Å². The number of benzene rings is 3. The minimum Gasteiger partial charge on any atom is -0.293 e. The lowest BCUT2D eigenvalue weighted by Crippen LogP contribution is -2.38. The highest BCUT2D eigenvalue weighted by Crippen LogP contribution is 2.50. The molecule has 0 spiro atoms. The van der Waals surface area contributed by atoms with Crippen molar-refractivity contribution in [1.29, 1.82) is 0 Å². The molecule has 4 nitrogen and oxygen atoms in total. The van der Waals surface area contributed by atoms with Crippen LogP contribution in [-0.4, -0.2) is 15.7 Å². The molecule has 2 aliphatic rings. The Hall–Kier alpha value is -3.66. The standard InChI is InChI=1S/C28H25N3O/c32-28-23-17-9-10-18-24(23)29-27-22(16-8-7-13-20-11-3-1-4-12-20)19-25-26(30(25)31(27)28)21-14-5-2-6-15-21/h1-7,9-15,17-18,22,25-26H,8,16,19H2/b13-7+. The Labute approximate surface area is 187 Å². The molecular weight excluding hydrogens is 394 g/mol. The van der Waals surface area contributed by atoms with Crippen molar-refractivity contribution in [2.45, 2.75) is 37.3 Å². The average molecular weight is 420 g/mol. The van der Waals surface area contributed by atoms with Gasteiger partial charge in [-0.25, -0.2) is 9.66 Å². The summed E-state index contributed by atoms with van der Waals surface area (Å²) >= 11 is 0. The molecule has 0 radical (unpaired) electrons. The van der Waals surface area contributed by atoms with Crippen molar-refractivity contribution in [2.24, 2.45) is 0 Å². The molecule has 3 atom stereocenters. The molecule has 6 rings (SSSR count). The van der Waals surface area contributed by atoms with Gasteiger partial charge in [0.05, 0.1) is 23.0 Å². The third-order valence-electron chi connectivity index (χ3n) is 6.73. The van der Waals surface area contributed by atoms with E-state index in [1.54, 1.807) is 0 Å². The molecule has 4 aromatic rings. The van der Waals surface area contributed by atoms with Gasteiger partial charge in [-0.1, -0.05) is 84.9 Å². The second-order valence-corrected chi connectivity index (χ2v) is 8.73. The predicted molar refractivity (Wildman–Crippen MR) is 129 cm³/mol. The van der Waals surface area contributed by atoms with Gasteiger partial charge >= 0.3 is 0 Å². The first kappa shape index (κ1) is 19.1. The number of para-hydroxylation sites is 1. The van der Waals surface area contributed by atoms with E-state index >= 15 is 0 Å². The summed E-state index contributed by atoms with van der Waals surface area (Å²) in [6.07, 6.45) is 7.40. The lowest BCUT2D eigenvalue weighted by Gasteiger charge is -2.26.